The molecule has 1 aromatic carbocycles. The number of morpholine rings is 1. The third-order valence-corrected chi connectivity index (χ3v) is 8.11. The van der Waals surface area contributed by atoms with Crippen LogP contribution in [-0.2, 0) is 28.2 Å². The predicted octanol–water partition coefficient (Wildman–Crippen LogP) is 3.25. The van der Waals surface area contributed by atoms with Gasteiger partial charge in [0.25, 0.3) is 5.91 Å². The Labute approximate surface area is 185 Å². The van der Waals surface area contributed by atoms with E-state index in [4.69, 9.17) is 4.74 Å². The van der Waals surface area contributed by atoms with Crippen molar-refractivity contribution >= 4 is 42.6 Å². The molecule has 1 fully saturated rings. The van der Waals surface area contributed by atoms with E-state index >= 15 is 0 Å². The Morgan fingerprint density at radius 1 is 1.26 bits per heavy atom. The highest BCUT2D eigenvalue weighted by atomic mass is 32.2. The van der Waals surface area contributed by atoms with E-state index in [1.54, 1.807) is 7.05 Å². The molecule has 0 unspecified atom stereocenters. The number of thiazole rings is 1. The number of nitrogens with one attached hydrogen (secondary N) is 1. The predicted molar refractivity (Wildman–Crippen MR) is 121 cm³/mol. The summed E-state index contributed by atoms with van der Waals surface area (Å²) in [5.74, 6) is -0.392. The van der Waals surface area contributed by atoms with E-state index < -0.39 is 15.9 Å². The van der Waals surface area contributed by atoms with Crippen molar-refractivity contribution in [2.75, 3.05) is 31.6 Å². The summed E-state index contributed by atoms with van der Waals surface area (Å²) in [5, 5.41) is 3.31. The highest BCUT2D eigenvalue weighted by molar-refractivity contribution is 7.89. The molecule has 0 spiro atoms. The fourth-order valence-corrected chi connectivity index (χ4v) is 5.96. The molecule has 1 saturated heterocycles. The zero-order valence-corrected chi connectivity index (χ0v) is 19.3. The van der Waals surface area contributed by atoms with Crippen molar-refractivity contribution in [3.63, 3.8) is 0 Å². The summed E-state index contributed by atoms with van der Waals surface area (Å²) in [6.07, 6.45) is 4.77. The number of carbonyl (C=O) groups is 1. The molecule has 31 heavy (non-hydrogen) atoms. The van der Waals surface area contributed by atoms with Gasteiger partial charge in [0.15, 0.2) is 5.13 Å². The van der Waals surface area contributed by atoms with Gasteiger partial charge in [0.1, 0.15) is 10.6 Å². The van der Waals surface area contributed by atoms with Gasteiger partial charge in [-0.2, -0.15) is 4.31 Å². The molecule has 1 aliphatic heterocycles. The molecule has 166 valence electrons. The molecule has 3 aromatic rings. The summed E-state index contributed by atoms with van der Waals surface area (Å²) in [6.45, 7) is 3.53. The summed E-state index contributed by atoms with van der Waals surface area (Å²) >= 11 is 1.42. The van der Waals surface area contributed by atoms with Gasteiger partial charge >= 0.3 is 0 Å². The van der Waals surface area contributed by atoms with Crippen LogP contribution in [0.4, 0.5) is 5.13 Å². The van der Waals surface area contributed by atoms with Gasteiger partial charge in [0.05, 0.1) is 23.4 Å². The summed E-state index contributed by atoms with van der Waals surface area (Å²) in [7, 11) is -2.01. The minimum absolute atomic E-state index is 0.104. The molecule has 0 bridgehead atoms. The summed E-state index contributed by atoms with van der Waals surface area (Å²) in [6, 6.07) is 7.58. The second-order valence-corrected chi connectivity index (χ2v) is 10.5. The van der Waals surface area contributed by atoms with E-state index in [1.165, 1.54) is 38.0 Å². The lowest BCUT2D eigenvalue weighted by atomic mass is 10.1. The van der Waals surface area contributed by atoms with Crippen LogP contribution >= 0.6 is 11.3 Å². The summed E-state index contributed by atoms with van der Waals surface area (Å²) < 4.78 is 34.9. The zero-order chi connectivity index (χ0) is 22.0. The lowest BCUT2D eigenvalue weighted by Gasteiger charge is -2.25. The number of rotatable bonds is 7. The summed E-state index contributed by atoms with van der Waals surface area (Å²) in [4.78, 5) is 17.4. The Bertz CT molecular complexity index is 1190. The van der Waals surface area contributed by atoms with Crippen molar-refractivity contribution in [3.05, 3.63) is 41.7 Å². The number of nitrogens with zero attached hydrogens (tertiary/aromatic N) is 3. The Morgan fingerprint density at radius 2 is 2.03 bits per heavy atom. The molecular weight excluding hydrogens is 436 g/mol. The van der Waals surface area contributed by atoms with Crippen LogP contribution in [0.15, 0.2) is 35.4 Å². The van der Waals surface area contributed by atoms with Crippen molar-refractivity contribution in [1.82, 2.24) is 13.9 Å². The molecule has 3 heterocycles. The minimum Gasteiger partial charge on any atom is -0.379 e. The van der Waals surface area contributed by atoms with Crippen molar-refractivity contribution in [1.29, 1.82) is 0 Å². The first-order valence-electron chi connectivity index (χ1n) is 10.3. The number of carbonyl (C=O) groups excluding carboxylic acids is 1. The topological polar surface area (TPSA) is 93.5 Å². The van der Waals surface area contributed by atoms with E-state index in [-0.39, 0.29) is 10.6 Å². The van der Waals surface area contributed by atoms with Gasteiger partial charge in [-0.15, -0.1) is 0 Å². The van der Waals surface area contributed by atoms with Crippen LogP contribution in [0.1, 0.15) is 35.8 Å². The zero-order valence-electron chi connectivity index (χ0n) is 17.6. The number of aryl methyl sites for hydroxylation is 2. The molecule has 1 aliphatic rings. The van der Waals surface area contributed by atoms with Crippen LogP contribution in [0.3, 0.4) is 0 Å². The standard InChI is InChI=1S/C21H26N4O4S2/c1-3-4-5-15-6-7-17-19(12-15)30-21(22-17)23-20(26)18-13-16(14-24(18)2)31(27,28)25-8-10-29-11-9-25/h6-7,12-14H,3-5,8-11H2,1-2H3,(H,22,23,26). The fraction of sp³-hybridized carbons (Fsp3) is 0.429. The van der Waals surface area contributed by atoms with E-state index in [0.29, 0.717) is 31.4 Å². The number of unbranched alkanes of at least 4 members (excludes halogenated alkanes) is 1. The molecule has 1 amide bonds. The fourth-order valence-electron chi connectivity index (χ4n) is 3.56. The van der Waals surface area contributed by atoms with Gasteiger partial charge in [0.2, 0.25) is 10.0 Å². The Morgan fingerprint density at radius 3 is 2.77 bits per heavy atom. The van der Waals surface area contributed by atoms with Gasteiger partial charge in [-0.3, -0.25) is 10.1 Å². The van der Waals surface area contributed by atoms with Gasteiger partial charge in [-0.05, 0) is 36.6 Å². The third kappa shape index (κ3) is 4.67. The average Bonchev–Trinajstić information content (AvgIpc) is 3.35. The number of fused-ring (bicyclic) bond motifs is 1. The molecule has 1 N–H and O–H groups in total. The number of aromatic nitrogens is 2. The second kappa shape index (κ2) is 9.07. The second-order valence-electron chi connectivity index (χ2n) is 7.57. The Balaban J connectivity index is 1.52. The molecule has 0 atom stereocenters. The maximum Gasteiger partial charge on any atom is 0.274 e. The van der Waals surface area contributed by atoms with Crippen LogP contribution in [-0.4, -0.2) is 54.5 Å². The van der Waals surface area contributed by atoms with E-state index in [1.807, 2.05) is 6.07 Å². The number of anilines is 1. The van der Waals surface area contributed by atoms with Gasteiger partial charge in [0, 0.05) is 26.3 Å². The third-order valence-electron chi connectivity index (χ3n) is 5.31. The van der Waals surface area contributed by atoms with E-state index in [9.17, 15) is 13.2 Å². The average molecular weight is 463 g/mol. The number of amides is 1. The van der Waals surface area contributed by atoms with Crippen molar-refractivity contribution < 1.29 is 17.9 Å². The maximum atomic E-state index is 12.9. The lowest BCUT2D eigenvalue weighted by Crippen LogP contribution is -2.40. The smallest absolute Gasteiger partial charge is 0.274 e. The Hall–Kier alpha value is -2.27. The molecule has 10 heteroatoms. The molecule has 0 radical (unpaired) electrons. The van der Waals surface area contributed by atoms with Gasteiger partial charge in [-0.25, -0.2) is 13.4 Å². The molecule has 8 nitrogen and oxygen atoms in total. The van der Waals surface area contributed by atoms with Crippen LogP contribution < -0.4 is 5.32 Å². The van der Waals surface area contributed by atoms with Crippen LogP contribution in [0.25, 0.3) is 10.2 Å². The number of hydrogen-bond acceptors (Lipinski definition) is 6. The summed E-state index contributed by atoms with van der Waals surface area (Å²) in [5.41, 5.74) is 2.36. The number of benzene rings is 1. The molecule has 0 aliphatic carbocycles. The van der Waals surface area contributed by atoms with Crippen molar-refractivity contribution in [2.24, 2.45) is 7.05 Å². The number of ether oxygens (including phenoxy) is 1. The monoisotopic (exact) mass is 462 g/mol. The molecule has 4 rings (SSSR count). The van der Waals surface area contributed by atoms with E-state index in [2.05, 4.69) is 29.4 Å². The van der Waals surface area contributed by atoms with Crippen molar-refractivity contribution in [3.8, 4) is 0 Å². The molecule has 2 aromatic heterocycles. The first-order chi connectivity index (χ1) is 14.9. The van der Waals surface area contributed by atoms with Crippen molar-refractivity contribution in [2.45, 2.75) is 31.1 Å². The quantitative estimate of drug-likeness (QED) is 0.582. The maximum absolute atomic E-state index is 12.9. The largest absolute Gasteiger partial charge is 0.379 e. The molecule has 0 saturated carbocycles. The van der Waals surface area contributed by atoms with E-state index in [0.717, 1.165) is 29.5 Å². The van der Waals surface area contributed by atoms with Gasteiger partial charge in [-0.1, -0.05) is 30.7 Å². The first-order valence-corrected chi connectivity index (χ1v) is 12.6. The first kappa shape index (κ1) is 21.9. The van der Waals surface area contributed by atoms with Crippen LogP contribution in [0.5, 0.6) is 0 Å². The SMILES string of the molecule is CCCCc1ccc2nc(NC(=O)c3cc(S(=O)(=O)N4CCOCC4)cn3C)sc2c1. The highest BCUT2D eigenvalue weighted by Crippen LogP contribution is 2.28. The lowest BCUT2D eigenvalue weighted by molar-refractivity contribution is 0.0730. The number of hydrogen-bond donors (Lipinski definition) is 1. The number of sulfonamides is 1. The minimum atomic E-state index is -3.66. The highest BCUT2D eigenvalue weighted by Gasteiger charge is 2.29. The van der Waals surface area contributed by atoms with Crippen LogP contribution in [0.2, 0.25) is 0 Å². The molecular formula is C21H26N4O4S2. The van der Waals surface area contributed by atoms with Crippen LogP contribution in [0, 0.1) is 0 Å². The Kier molecular flexibility index (Phi) is 6.42. The normalized spacial score (nSPS) is 15.4. The van der Waals surface area contributed by atoms with Gasteiger partial charge < -0.3 is 9.30 Å².